The molecule has 3 aromatic rings. The first-order chi connectivity index (χ1) is 18.2. The Balaban J connectivity index is 1.24. The molecule has 3 aromatic carbocycles. The molecule has 198 valence electrons. The van der Waals surface area contributed by atoms with Gasteiger partial charge in [-0.25, -0.2) is 14.4 Å². The molecule has 1 aliphatic heterocycles. The van der Waals surface area contributed by atoms with E-state index in [0.29, 0.717) is 49.3 Å². The van der Waals surface area contributed by atoms with Gasteiger partial charge in [-0.3, -0.25) is 10.2 Å². The topological polar surface area (TPSA) is 84.9 Å². The Hall–Kier alpha value is -4.18. The molecule has 0 aliphatic carbocycles. The van der Waals surface area contributed by atoms with Crippen LogP contribution in [0.4, 0.5) is 23.7 Å². The molecule has 0 bridgehead atoms. The zero-order valence-corrected chi connectivity index (χ0v) is 20.2. The molecule has 1 fully saturated rings. The first-order valence-electron chi connectivity index (χ1n) is 12.0. The normalized spacial score (nSPS) is 14.5. The Morgan fingerprint density at radius 3 is 2.26 bits per heavy atom. The van der Waals surface area contributed by atoms with Gasteiger partial charge >= 0.3 is 24.2 Å². The molecular weight excluding hydrogens is 501 g/mol. The molecule has 0 radical (unpaired) electrons. The maximum absolute atomic E-state index is 12.9. The molecule has 0 aromatic heterocycles. The predicted molar refractivity (Wildman–Crippen MR) is 133 cm³/mol. The van der Waals surface area contributed by atoms with Crippen LogP contribution in [-0.2, 0) is 31.8 Å². The van der Waals surface area contributed by atoms with Gasteiger partial charge in [0.25, 0.3) is 0 Å². The molecule has 4 rings (SSSR count). The summed E-state index contributed by atoms with van der Waals surface area (Å²) in [5.74, 6) is -2.72. The van der Waals surface area contributed by atoms with E-state index in [9.17, 15) is 27.6 Å². The number of nitrogens with zero attached hydrogens (tertiary/aromatic N) is 1. The van der Waals surface area contributed by atoms with E-state index >= 15 is 0 Å². The quantitative estimate of drug-likeness (QED) is 0.263. The van der Waals surface area contributed by atoms with Gasteiger partial charge in [-0.1, -0.05) is 66.7 Å². The Labute approximate surface area is 217 Å². The molecule has 1 saturated heterocycles. The summed E-state index contributed by atoms with van der Waals surface area (Å²) in [5.41, 5.74) is 1.77. The van der Waals surface area contributed by atoms with Crippen molar-refractivity contribution >= 4 is 23.7 Å². The van der Waals surface area contributed by atoms with Crippen molar-refractivity contribution in [3.63, 3.8) is 0 Å². The number of likely N-dealkylation sites (tertiary alicyclic amines) is 1. The number of piperidine rings is 1. The molecule has 1 heterocycles. The summed E-state index contributed by atoms with van der Waals surface area (Å²) in [7, 11) is 0. The third kappa shape index (κ3) is 7.19. The Kier molecular flexibility index (Phi) is 8.42. The van der Waals surface area contributed by atoms with Gasteiger partial charge in [-0.05, 0) is 36.1 Å². The largest absolute Gasteiger partial charge is 0.454 e. The number of ether oxygens (including phenoxy) is 2. The van der Waals surface area contributed by atoms with E-state index < -0.39 is 35.9 Å². The van der Waals surface area contributed by atoms with Crippen LogP contribution >= 0.6 is 0 Å². The molecule has 1 N–H and O–H groups in total. The third-order valence-electron chi connectivity index (χ3n) is 6.07. The van der Waals surface area contributed by atoms with E-state index in [1.807, 2.05) is 35.2 Å². The van der Waals surface area contributed by atoms with Crippen LogP contribution in [-0.4, -0.2) is 42.1 Å². The van der Waals surface area contributed by atoms with E-state index in [2.05, 4.69) is 10.1 Å². The van der Waals surface area contributed by atoms with Crippen LogP contribution < -0.4 is 5.32 Å². The summed E-state index contributed by atoms with van der Waals surface area (Å²) in [6, 6.07) is 21.3. The zero-order valence-electron chi connectivity index (χ0n) is 20.2. The van der Waals surface area contributed by atoms with E-state index in [1.54, 1.807) is 30.3 Å². The van der Waals surface area contributed by atoms with Crippen LogP contribution in [0.25, 0.3) is 11.1 Å². The van der Waals surface area contributed by atoms with Gasteiger partial charge in [0.15, 0.2) is 0 Å². The van der Waals surface area contributed by atoms with Crippen molar-refractivity contribution in [3.05, 3.63) is 90.0 Å². The summed E-state index contributed by atoms with van der Waals surface area (Å²) in [4.78, 5) is 38.5. The number of hydrogen-bond acceptors (Lipinski definition) is 6. The summed E-state index contributed by atoms with van der Waals surface area (Å²) in [6.45, 7) is 1.23. The van der Waals surface area contributed by atoms with Gasteiger partial charge in [0.05, 0.1) is 11.3 Å². The van der Waals surface area contributed by atoms with Crippen molar-refractivity contribution in [1.82, 2.24) is 4.90 Å². The van der Waals surface area contributed by atoms with Crippen molar-refractivity contribution in [2.24, 2.45) is 0 Å². The fourth-order valence-corrected chi connectivity index (χ4v) is 4.21. The fraction of sp³-hybridized carbons (Fsp3) is 0.250. The highest BCUT2D eigenvalue weighted by Crippen LogP contribution is 2.30. The maximum atomic E-state index is 12.9. The Morgan fingerprint density at radius 2 is 1.55 bits per heavy atom. The minimum Gasteiger partial charge on any atom is -0.454 e. The van der Waals surface area contributed by atoms with Crippen LogP contribution in [0.1, 0.15) is 24.0 Å². The average Bonchev–Trinajstić information content (AvgIpc) is 2.90. The molecule has 1 amide bonds. The lowest BCUT2D eigenvalue weighted by Crippen LogP contribution is -2.39. The lowest BCUT2D eigenvalue weighted by Gasteiger charge is -2.31. The summed E-state index contributed by atoms with van der Waals surface area (Å²) in [6.07, 6.45) is -5.34. The number of halogens is 3. The first-order valence-corrected chi connectivity index (χ1v) is 12.0. The summed E-state index contributed by atoms with van der Waals surface area (Å²) >= 11 is 0. The Morgan fingerprint density at radius 1 is 0.868 bits per heavy atom. The maximum Gasteiger partial charge on any atom is 0.426 e. The molecule has 0 saturated carbocycles. The lowest BCUT2D eigenvalue weighted by atomic mass is 10.0. The smallest absolute Gasteiger partial charge is 0.426 e. The number of amides is 1. The Bertz CT molecular complexity index is 1290. The molecule has 1 aliphatic rings. The monoisotopic (exact) mass is 526 g/mol. The van der Waals surface area contributed by atoms with E-state index in [1.165, 1.54) is 6.07 Å². The highest BCUT2D eigenvalue weighted by Gasteiger charge is 2.31. The van der Waals surface area contributed by atoms with Gasteiger partial charge in [0.1, 0.15) is 6.10 Å². The summed E-state index contributed by atoms with van der Waals surface area (Å²) in [5, 5.41) is 2.47. The molecule has 0 spiro atoms. The van der Waals surface area contributed by atoms with Crippen LogP contribution in [0.15, 0.2) is 78.9 Å². The highest BCUT2D eigenvalue weighted by molar-refractivity contribution is 6.31. The number of benzene rings is 3. The number of carbonyl (C=O) groups excluding carboxylic acids is 3. The van der Waals surface area contributed by atoms with Gasteiger partial charge < -0.3 is 9.47 Å². The van der Waals surface area contributed by atoms with Crippen molar-refractivity contribution in [2.75, 3.05) is 18.4 Å². The number of carbonyl (C=O) groups is 3. The molecule has 10 heteroatoms. The van der Waals surface area contributed by atoms with Crippen molar-refractivity contribution < 1.29 is 37.0 Å². The van der Waals surface area contributed by atoms with Gasteiger partial charge in [0, 0.05) is 25.2 Å². The second-order valence-corrected chi connectivity index (χ2v) is 8.79. The van der Waals surface area contributed by atoms with Crippen LogP contribution in [0, 0.1) is 0 Å². The van der Waals surface area contributed by atoms with Gasteiger partial charge in [-0.15, -0.1) is 0 Å². The number of anilines is 1. The standard InChI is InChI=1S/C28H25F3N2O5/c29-28(30,31)21-10-6-7-19(17-21)18-33-15-13-22(14-16-33)37-25(34)26(35)38-27(36)32-24-12-5-4-11-23(24)20-8-2-1-3-9-20/h1-12,17,22H,13-16,18H2,(H,32,36). The van der Waals surface area contributed by atoms with E-state index in [0.717, 1.165) is 17.7 Å². The third-order valence-corrected chi connectivity index (χ3v) is 6.07. The lowest BCUT2D eigenvalue weighted by molar-refractivity contribution is -0.168. The first kappa shape index (κ1) is 26.9. The minimum absolute atomic E-state index is 0.317. The second-order valence-electron chi connectivity index (χ2n) is 8.79. The second kappa shape index (κ2) is 11.9. The van der Waals surface area contributed by atoms with Gasteiger partial charge in [-0.2, -0.15) is 13.2 Å². The SMILES string of the molecule is O=C(Nc1ccccc1-c1ccccc1)OC(=O)C(=O)OC1CCN(Cc2cccc(C(F)(F)F)c2)CC1. The van der Waals surface area contributed by atoms with E-state index in [-0.39, 0.29) is 0 Å². The van der Waals surface area contributed by atoms with Crippen LogP contribution in [0.5, 0.6) is 0 Å². The molecular formula is C28H25F3N2O5. The molecule has 7 nitrogen and oxygen atoms in total. The van der Waals surface area contributed by atoms with Crippen molar-refractivity contribution in [1.29, 1.82) is 0 Å². The van der Waals surface area contributed by atoms with Crippen molar-refractivity contribution in [2.45, 2.75) is 31.7 Å². The minimum atomic E-state index is -4.41. The molecule has 38 heavy (non-hydrogen) atoms. The van der Waals surface area contributed by atoms with Crippen molar-refractivity contribution in [3.8, 4) is 11.1 Å². The number of rotatable bonds is 5. The molecule has 0 atom stereocenters. The summed E-state index contributed by atoms with van der Waals surface area (Å²) < 4.78 is 48.6. The predicted octanol–water partition coefficient (Wildman–Crippen LogP) is 5.66. The number of hydrogen-bond donors (Lipinski definition) is 1. The number of esters is 2. The van der Waals surface area contributed by atoms with E-state index in [4.69, 9.17) is 4.74 Å². The number of alkyl halides is 3. The molecule has 0 unspecified atom stereocenters. The fourth-order valence-electron chi connectivity index (χ4n) is 4.21. The zero-order chi connectivity index (χ0) is 27.1. The highest BCUT2D eigenvalue weighted by atomic mass is 19.4. The average molecular weight is 527 g/mol. The van der Waals surface area contributed by atoms with Gasteiger partial charge in [0.2, 0.25) is 0 Å². The number of nitrogens with one attached hydrogen (secondary N) is 1. The van der Waals surface area contributed by atoms with Crippen LogP contribution in [0.3, 0.4) is 0 Å². The number of para-hydroxylation sites is 1. The van der Waals surface area contributed by atoms with Crippen LogP contribution in [0.2, 0.25) is 0 Å².